The molecular formula is C13H10N4S2. The minimum Gasteiger partial charge on any atom is -0.696 e. The van der Waals surface area contributed by atoms with Crippen LogP contribution in [0, 0.1) is 10.7 Å². The van der Waals surface area contributed by atoms with E-state index in [1.165, 1.54) is 5.40 Å². The van der Waals surface area contributed by atoms with Crippen molar-refractivity contribution in [3.63, 3.8) is 0 Å². The molecule has 94 valence electrons. The maximum absolute atomic E-state index is 7.13. The second-order valence-electron chi connectivity index (χ2n) is 3.76. The Hall–Kier alpha value is -2.23. The zero-order valence-corrected chi connectivity index (χ0v) is 11.5. The summed E-state index contributed by atoms with van der Waals surface area (Å²) >= 11 is 5.36. The van der Waals surface area contributed by atoms with Gasteiger partial charge in [-0.3, -0.25) is 5.41 Å². The summed E-state index contributed by atoms with van der Waals surface area (Å²) in [5.41, 5.74) is 8.45. The van der Waals surface area contributed by atoms with E-state index in [2.05, 4.69) is 17.6 Å². The molecule has 3 rings (SSSR count). The van der Waals surface area contributed by atoms with E-state index in [0.717, 1.165) is 31.8 Å². The lowest BCUT2D eigenvalue weighted by molar-refractivity contribution is -0.172. The number of benzene rings is 2. The molecular weight excluding hydrogens is 276 g/mol. The van der Waals surface area contributed by atoms with Gasteiger partial charge in [0.15, 0.2) is 5.36 Å². The van der Waals surface area contributed by atoms with Crippen LogP contribution in [0.3, 0.4) is 0 Å². The molecule has 0 atom stereocenters. The van der Waals surface area contributed by atoms with Gasteiger partial charge in [0.05, 0.1) is 20.8 Å². The smallest absolute Gasteiger partial charge is 0.198 e. The summed E-state index contributed by atoms with van der Waals surface area (Å²) < 4.78 is 1.08. The molecule has 2 aliphatic rings. The van der Waals surface area contributed by atoms with E-state index in [1.807, 2.05) is 36.4 Å². The van der Waals surface area contributed by atoms with Crippen LogP contribution in [0.2, 0.25) is 0 Å². The number of nitrogens with two attached hydrogens (primary N) is 2. The van der Waals surface area contributed by atoms with E-state index in [1.54, 1.807) is 11.3 Å². The highest BCUT2D eigenvalue weighted by Gasteiger charge is 2.07. The Kier molecular flexibility index (Phi) is 3.90. The number of nitrogens with zero attached hydrogens (tertiary/aromatic N) is 2. The number of aromatic nitrogens is 1. The maximum Gasteiger partial charge on any atom is 0.198 e. The molecule has 0 saturated carbocycles. The molecule has 0 fully saturated rings. The predicted molar refractivity (Wildman–Crippen MR) is 78.7 cm³/mol. The molecule has 1 aliphatic carbocycles. The number of nitrogen functional groups attached to an aromatic ring is 1. The topological polar surface area (TPSA) is 88.3 Å². The van der Waals surface area contributed by atoms with Gasteiger partial charge in [-0.25, -0.2) is 10.2 Å². The number of hydrogen-bond donors (Lipinski definition) is 2. The normalized spacial score (nSPS) is 9.63. The van der Waals surface area contributed by atoms with Gasteiger partial charge in [0.2, 0.25) is 0 Å². The van der Waals surface area contributed by atoms with Gasteiger partial charge in [-0.1, -0.05) is 5.40 Å². The molecule has 19 heavy (non-hydrogen) atoms. The molecule has 1 aromatic carbocycles. The second-order valence-corrected chi connectivity index (χ2v) is 5.03. The Balaban J connectivity index is 0.000000408. The average molecular weight is 286 g/mol. The van der Waals surface area contributed by atoms with Crippen molar-refractivity contribution in [3.8, 4) is 16.0 Å². The first kappa shape index (κ1) is 13.2. The number of hydrogen-bond acceptors (Lipinski definition) is 5. The van der Waals surface area contributed by atoms with Crippen molar-refractivity contribution in [1.29, 1.82) is 5.26 Å². The van der Waals surface area contributed by atoms with Crippen LogP contribution >= 0.6 is 11.3 Å². The fourth-order valence-corrected chi connectivity index (χ4v) is 2.72. The number of fused-ring (bicyclic) bond motifs is 2. The Morgan fingerprint density at radius 1 is 1.26 bits per heavy atom. The number of rotatable bonds is 0. The lowest BCUT2D eigenvalue weighted by Gasteiger charge is -2.05. The minimum atomic E-state index is 0.758. The van der Waals surface area contributed by atoms with Crippen LogP contribution in [-0.2, 0) is 12.6 Å². The first-order chi connectivity index (χ1) is 9.13. The van der Waals surface area contributed by atoms with Crippen molar-refractivity contribution in [2.45, 2.75) is 0 Å². The molecule has 0 amide bonds. The van der Waals surface area contributed by atoms with Crippen molar-refractivity contribution in [1.82, 2.24) is 4.98 Å². The van der Waals surface area contributed by atoms with Crippen LogP contribution in [0.5, 0.6) is 0 Å². The SMILES string of the molecule is N#C[S-].Nc1ccc2nc3ccc(=[NH2+])cc-3sc2c1. The van der Waals surface area contributed by atoms with E-state index in [0.29, 0.717) is 0 Å². The highest BCUT2D eigenvalue weighted by molar-refractivity contribution is 7.64. The average Bonchev–Trinajstić information content (AvgIpc) is 2.37. The standard InChI is InChI=1S/C12H9N3S.CHNS/c13-7-1-3-9-11(5-7)16-12-6-8(14)2-4-10(12)15-9;2-1-3/h1-6,13H,14H2;3H. The first-order valence-electron chi connectivity index (χ1n) is 5.34. The van der Waals surface area contributed by atoms with E-state index in [4.69, 9.17) is 16.4 Å². The zero-order chi connectivity index (χ0) is 13.8. The van der Waals surface area contributed by atoms with Crippen molar-refractivity contribution < 1.29 is 5.41 Å². The molecule has 1 aromatic rings. The largest absolute Gasteiger partial charge is 0.696 e. The van der Waals surface area contributed by atoms with Gasteiger partial charge < -0.3 is 18.4 Å². The molecule has 1 aliphatic heterocycles. The molecule has 0 spiro atoms. The first-order valence-corrected chi connectivity index (χ1v) is 6.56. The highest BCUT2D eigenvalue weighted by Crippen LogP contribution is 2.30. The van der Waals surface area contributed by atoms with Crippen LogP contribution in [0.1, 0.15) is 0 Å². The number of thiocyanates is 1. The van der Waals surface area contributed by atoms with Crippen LogP contribution in [0.15, 0.2) is 36.4 Å². The zero-order valence-electron chi connectivity index (χ0n) is 9.83. The summed E-state index contributed by atoms with van der Waals surface area (Å²) in [5.74, 6) is 0. The lowest BCUT2D eigenvalue weighted by atomic mass is 10.2. The molecule has 0 bridgehead atoms. The molecule has 1 heterocycles. The van der Waals surface area contributed by atoms with Gasteiger partial charge in [-0.15, -0.1) is 11.3 Å². The minimum absolute atomic E-state index is 0.758. The Labute approximate surface area is 119 Å². The van der Waals surface area contributed by atoms with Crippen LogP contribution in [-0.4, -0.2) is 4.98 Å². The van der Waals surface area contributed by atoms with E-state index in [-0.39, 0.29) is 0 Å². The highest BCUT2D eigenvalue weighted by atomic mass is 32.1. The fourth-order valence-electron chi connectivity index (χ4n) is 1.66. The quantitative estimate of drug-likeness (QED) is 0.275. The third-order valence-corrected chi connectivity index (χ3v) is 3.52. The van der Waals surface area contributed by atoms with Gasteiger partial charge in [0, 0.05) is 17.8 Å². The summed E-state index contributed by atoms with van der Waals surface area (Å²) in [6.07, 6.45) is 0. The molecule has 4 N–H and O–H groups in total. The second kappa shape index (κ2) is 5.61. The van der Waals surface area contributed by atoms with Crippen LogP contribution in [0.25, 0.3) is 20.8 Å². The summed E-state index contributed by atoms with van der Waals surface area (Å²) in [5, 5.41) is 15.0. The molecule has 0 aromatic heterocycles. The molecule has 0 unspecified atom stereocenters. The number of anilines is 1. The molecule has 0 radical (unpaired) electrons. The Bertz CT molecular complexity index is 789. The van der Waals surface area contributed by atoms with Crippen molar-refractivity contribution >= 4 is 39.9 Å². The third-order valence-electron chi connectivity index (χ3n) is 2.43. The maximum atomic E-state index is 7.13. The van der Waals surface area contributed by atoms with E-state index < -0.39 is 0 Å². The van der Waals surface area contributed by atoms with Crippen molar-refractivity contribution in [2.75, 3.05) is 5.73 Å². The van der Waals surface area contributed by atoms with E-state index in [9.17, 15) is 0 Å². The van der Waals surface area contributed by atoms with Crippen molar-refractivity contribution in [2.24, 2.45) is 0 Å². The van der Waals surface area contributed by atoms with Gasteiger partial charge in [0.25, 0.3) is 0 Å². The summed E-state index contributed by atoms with van der Waals surface area (Å²) in [7, 11) is 0. The lowest BCUT2D eigenvalue weighted by Crippen LogP contribution is -2.44. The number of nitriles is 1. The van der Waals surface area contributed by atoms with Gasteiger partial charge in [-0.05, 0) is 24.3 Å². The molecule has 0 saturated heterocycles. The molecule has 6 heteroatoms. The predicted octanol–water partition coefficient (Wildman–Crippen LogP) is 0.657. The fraction of sp³-hybridized carbons (Fsp3) is 0. The summed E-state index contributed by atoms with van der Waals surface area (Å²) in [6.45, 7) is 0. The Morgan fingerprint density at radius 3 is 2.74 bits per heavy atom. The van der Waals surface area contributed by atoms with Crippen LogP contribution in [0.4, 0.5) is 5.69 Å². The Morgan fingerprint density at radius 2 is 2.00 bits per heavy atom. The summed E-state index contributed by atoms with van der Waals surface area (Å²) in [4.78, 5) is 5.64. The van der Waals surface area contributed by atoms with Gasteiger partial charge in [-0.2, -0.15) is 0 Å². The monoisotopic (exact) mass is 286 g/mol. The summed E-state index contributed by atoms with van der Waals surface area (Å²) in [6, 6.07) is 11.5. The van der Waals surface area contributed by atoms with Gasteiger partial charge >= 0.3 is 0 Å². The van der Waals surface area contributed by atoms with Gasteiger partial charge in [0.1, 0.15) is 0 Å². The third kappa shape index (κ3) is 2.96. The van der Waals surface area contributed by atoms with E-state index >= 15 is 0 Å². The van der Waals surface area contributed by atoms with Crippen LogP contribution < -0.4 is 16.5 Å². The van der Waals surface area contributed by atoms with Crippen molar-refractivity contribution in [3.05, 3.63) is 41.8 Å². The molecule has 4 nitrogen and oxygen atoms in total.